The molecule has 3 nitrogen and oxygen atoms in total. The molecule has 264 valence electrons. The van der Waals surface area contributed by atoms with Crippen LogP contribution in [0.2, 0.25) is 0 Å². The largest absolute Gasteiger partial charge is 0.208 e. The van der Waals surface area contributed by atoms with Gasteiger partial charge in [0.15, 0.2) is 17.5 Å². The number of aromatic nitrogens is 3. The van der Waals surface area contributed by atoms with E-state index < -0.39 is 5.41 Å². The first kappa shape index (κ1) is 32.5. The van der Waals surface area contributed by atoms with Crippen LogP contribution in [0.4, 0.5) is 0 Å². The third-order valence-electron chi connectivity index (χ3n) is 12.2. The molecule has 0 saturated carbocycles. The van der Waals surface area contributed by atoms with E-state index in [4.69, 9.17) is 15.0 Å². The molecule has 1 spiro atoms. The molecule has 2 aliphatic carbocycles. The number of rotatable bonds is 4. The molecule has 56 heavy (non-hydrogen) atoms. The van der Waals surface area contributed by atoms with Gasteiger partial charge >= 0.3 is 0 Å². The Kier molecular flexibility index (Phi) is 7.11. The first-order valence-electron chi connectivity index (χ1n) is 19.4. The third-order valence-corrected chi connectivity index (χ3v) is 12.2. The molecule has 0 N–H and O–H groups in total. The fourth-order valence-corrected chi connectivity index (χ4v) is 9.70. The van der Waals surface area contributed by atoms with Crippen LogP contribution in [-0.4, -0.2) is 15.0 Å². The third kappa shape index (κ3) is 4.61. The molecular weight excluding hydrogens is 679 g/mol. The van der Waals surface area contributed by atoms with Gasteiger partial charge in [-0.05, 0) is 72.5 Å². The second kappa shape index (κ2) is 12.3. The van der Waals surface area contributed by atoms with Crippen LogP contribution in [0.3, 0.4) is 0 Å². The minimum atomic E-state index is -0.432. The first-order chi connectivity index (χ1) is 27.5. The molecule has 1 heterocycles. The van der Waals surface area contributed by atoms with E-state index in [-0.39, 0.29) is 5.41 Å². The summed E-state index contributed by atoms with van der Waals surface area (Å²) in [5, 5.41) is 2.26. The lowest BCUT2D eigenvalue weighted by atomic mass is 9.55. The van der Waals surface area contributed by atoms with Crippen LogP contribution in [0.1, 0.15) is 47.2 Å². The summed E-state index contributed by atoms with van der Waals surface area (Å²) in [6.45, 7) is 4.77. The Hall–Kier alpha value is -6.97. The van der Waals surface area contributed by atoms with Crippen LogP contribution in [0.5, 0.6) is 0 Å². The van der Waals surface area contributed by atoms with Crippen molar-refractivity contribution in [1.82, 2.24) is 15.0 Å². The van der Waals surface area contributed by atoms with E-state index in [1.54, 1.807) is 0 Å². The molecule has 0 saturated heterocycles. The van der Waals surface area contributed by atoms with Gasteiger partial charge in [0.2, 0.25) is 0 Å². The van der Waals surface area contributed by atoms with Gasteiger partial charge in [0, 0.05) is 22.1 Å². The predicted molar refractivity (Wildman–Crippen MR) is 229 cm³/mol. The second-order valence-electron chi connectivity index (χ2n) is 15.5. The average molecular weight is 716 g/mol. The van der Waals surface area contributed by atoms with E-state index in [0.717, 1.165) is 38.6 Å². The number of hydrogen-bond acceptors (Lipinski definition) is 3. The maximum Gasteiger partial charge on any atom is 0.164 e. The van der Waals surface area contributed by atoms with Gasteiger partial charge < -0.3 is 0 Å². The Morgan fingerprint density at radius 2 is 0.821 bits per heavy atom. The van der Waals surface area contributed by atoms with Gasteiger partial charge in [-0.3, -0.25) is 0 Å². The van der Waals surface area contributed by atoms with Gasteiger partial charge in [0.05, 0.1) is 5.41 Å². The number of fused-ring (bicyclic) bond motifs is 10. The topological polar surface area (TPSA) is 38.7 Å². The van der Waals surface area contributed by atoms with E-state index in [2.05, 4.69) is 184 Å². The van der Waals surface area contributed by atoms with Crippen molar-refractivity contribution in [2.45, 2.75) is 24.7 Å². The highest BCUT2D eigenvalue weighted by atomic mass is 15.0. The molecular formula is C53H37N3. The Morgan fingerprint density at radius 3 is 1.55 bits per heavy atom. The first-order valence-corrected chi connectivity index (χ1v) is 19.4. The van der Waals surface area contributed by atoms with Crippen molar-refractivity contribution in [3.8, 4) is 56.4 Å². The summed E-state index contributed by atoms with van der Waals surface area (Å²) in [6, 6.07) is 67.8. The maximum absolute atomic E-state index is 5.27. The maximum atomic E-state index is 5.27. The molecule has 0 radical (unpaired) electrons. The van der Waals surface area contributed by atoms with Gasteiger partial charge in [-0.25, -0.2) is 15.0 Å². The summed E-state index contributed by atoms with van der Waals surface area (Å²) < 4.78 is 0. The molecule has 3 heteroatoms. The van der Waals surface area contributed by atoms with Crippen LogP contribution in [0.15, 0.2) is 188 Å². The Morgan fingerprint density at radius 1 is 0.321 bits per heavy atom. The zero-order valence-corrected chi connectivity index (χ0v) is 31.2. The lowest BCUT2D eigenvalue weighted by Crippen LogP contribution is -2.40. The van der Waals surface area contributed by atoms with E-state index >= 15 is 0 Å². The van der Waals surface area contributed by atoms with Crippen molar-refractivity contribution in [1.29, 1.82) is 0 Å². The van der Waals surface area contributed by atoms with E-state index in [1.165, 1.54) is 44.5 Å². The quantitative estimate of drug-likeness (QED) is 0.182. The zero-order valence-electron chi connectivity index (χ0n) is 31.2. The minimum Gasteiger partial charge on any atom is -0.208 e. The standard InChI is InChI=1S/C53H37N3/c1-52(2)45-29-14-15-30-46(45)53(43-27-12-10-23-39(43)40-24-11-13-28-44(40)53)47-32-31-36(33-48(47)52)38-22-8-9-25-41(38)50-54-49(35-18-4-3-5-19-35)55-51(56-50)42-26-16-20-34-17-6-7-21-37(34)42/h3-33H,1-2H3. The fourth-order valence-electron chi connectivity index (χ4n) is 9.70. The molecule has 0 amide bonds. The zero-order chi connectivity index (χ0) is 37.4. The lowest BCUT2D eigenvalue weighted by molar-refractivity contribution is 0.563. The summed E-state index contributed by atoms with van der Waals surface area (Å²) in [6.07, 6.45) is 0. The van der Waals surface area contributed by atoms with E-state index in [1.807, 2.05) is 18.2 Å². The summed E-state index contributed by atoms with van der Waals surface area (Å²) in [7, 11) is 0. The van der Waals surface area contributed by atoms with Crippen molar-refractivity contribution in [3.05, 3.63) is 221 Å². The predicted octanol–water partition coefficient (Wildman–Crippen LogP) is 12.7. The molecule has 1 aromatic heterocycles. The summed E-state index contributed by atoms with van der Waals surface area (Å²) in [5.74, 6) is 1.95. The number of benzene rings is 8. The Bertz CT molecular complexity index is 2960. The normalized spacial score (nSPS) is 14.2. The van der Waals surface area contributed by atoms with Crippen molar-refractivity contribution < 1.29 is 0 Å². The molecule has 9 aromatic rings. The molecule has 0 unspecified atom stereocenters. The van der Waals surface area contributed by atoms with Crippen molar-refractivity contribution in [2.75, 3.05) is 0 Å². The lowest BCUT2D eigenvalue weighted by Gasteiger charge is -2.46. The van der Waals surface area contributed by atoms with Gasteiger partial charge in [0.25, 0.3) is 0 Å². The molecule has 2 aliphatic rings. The SMILES string of the molecule is CC1(C)c2ccccc2C2(c3ccccc3-c3ccccc32)c2ccc(-c3ccccc3-c3nc(-c4ccccc4)nc(-c4cccc5ccccc45)n3)cc21. The summed E-state index contributed by atoms with van der Waals surface area (Å²) in [5.41, 5.74) is 15.1. The van der Waals surface area contributed by atoms with E-state index in [0.29, 0.717) is 17.5 Å². The van der Waals surface area contributed by atoms with Gasteiger partial charge in [-0.15, -0.1) is 0 Å². The molecule has 0 aliphatic heterocycles. The van der Waals surface area contributed by atoms with Crippen LogP contribution < -0.4 is 0 Å². The Balaban J connectivity index is 1.15. The second-order valence-corrected chi connectivity index (χ2v) is 15.5. The highest BCUT2D eigenvalue weighted by molar-refractivity contribution is 5.96. The highest BCUT2D eigenvalue weighted by Crippen LogP contribution is 2.62. The van der Waals surface area contributed by atoms with E-state index in [9.17, 15) is 0 Å². The van der Waals surface area contributed by atoms with Crippen LogP contribution >= 0.6 is 0 Å². The summed E-state index contributed by atoms with van der Waals surface area (Å²) in [4.78, 5) is 15.6. The molecule has 8 aromatic carbocycles. The molecule has 0 atom stereocenters. The van der Waals surface area contributed by atoms with Gasteiger partial charge in [-0.2, -0.15) is 0 Å². The molecule has 11 rings (SSSR count). The number of hydrogen-bond donors (Lipinski definition) is 0. The monoisotopic (exact) mass is 715 g/mol. The summed E-state index contributed by atoms with van der Waals surface area (Å²) >= 11 is 0. The average Bonchev–Trinajstić information content (AvgIpc) is 3.56. The van der Waals surface area contributed by atoms with Crippen LogP contribution in [0, 0.1) is 0 Å². The van der Waals surface area contributed by atoms with Crippen molar-refractivity contribution in [3.63, 3.8) is 0 Å². The van der Waals surface area contributed by atoms with Gasteiger partial charge in [0.1, 0.15) is 0 Å². The molecule has 0 fully saturated rings. The van der Waals surface area contributed by atoms with Crippen LogP contribution in [0.25, 0.3) is 67.2 Å². The smallest absolute Gasteiger partial charge is 0.164 e. The molecule has 0 bridgehead atoms. The van der Waals surface area contributed by atoms with Gasteiger partial charge in [-0.1, -0.05) is 196 Å². The Labute approximate surface area is 327 Å². The van der Waals surface area contributed by atoms with Crippen molar-refractivity contribution >= 4 is 10.8 Å². The van der Waals surface area contributed by atoms with Crippen LogP contribution in [-0.2, 0) is 10.8 Å². The minimum absolute atomic E-state index is 0.260. The van der Waals surface area contributed by atoms with Crippen molar-refractivity contribution in [2.24, 2.45) is 0 Å². The highest BCUT2D eigenvalue weighted by Gasteiger charge is 2.53. The number of nitrogens with zero attached hydrogens (tertiary/aromatic N) is 3. The fraction of sp³-hybridized carbons (Fsp3) is 0.0755.